The number of carbonyl (C=O) groups is 2. The molecule has 1 aromatic carbocycles. The Morgan fingerprint density at radius 2 is 2.10 bits per heavy atom. The molecule has 5 nitrogen and oxygen atoms in total. The Hall–Kier alpha value is -2.11. The first-order valence-electron chi connectivity index (χ1n) is 6.58. The summed E-state index contributed by atoms with van der Waals surface area (Å²) in [6.07, 6.45) is 3.84. The zero-order valence-corrected chi connectivity index (χ0v) is 11.2. The molecule has 0 aromatic heterocycles. The summed E-state index contributed by atoms with van der Waals surface area (Å²) in [7, 11) is 0. The highest BCUT2D eigenvalue weighted by molar-refractivity contribution is 5.92. The Balaban J connectivity index is 2.01. The molecule has 0 bridgehead atoms. The van der Waals surface area contributed by atoms with Gasteiger partial charge in [0.1, 0.15) is 5.82 Å². The minimum absolute atomic E-state index is 0.149. The number of urea groups is 1. The summed E-state index contributed by atoms with van der Waals surface area (Å²) in [4.78, 5) is 22.5. The summed E-state index contributed by atoms with van der Waals surface area (Å²) < 4.78 is 13.5. The molecular formula is C14H17FN2O3. The molecule has 6 heteroatoms. The monoisotopic (exact) mass is 280 g/mol. The number of amides is 2. The molecule has 0 unspecified atom stereocenters. The van der Waals surface area contributed by atoms with E-state index in [2.05, 4.69) is 10.6 Å². The zero-order valence-electron chi connectivity index (χ0n) is 11.2. The molecule has 1 aromatic rings. The first kappa shape index (κ1) is 14.3. The van der Waals surface area contributed by atoms with Gasteiger partial charge < -0.3 is 15.7 Å². The zero-order chi connectivity index (χ0) is 14.8. The minimum atomic E-state index is -1.34. The third-order valence-corrected chi connectivity index (χ3v) is 3.82. The number of carboxylic acid groups (broad SMARTS) is 1. The van der Waals surface area contributed by atoms with Crippen molar-refractivity contribution in [3.8, 4) is 0 Å². The lowest BCUT2D eigenvalue weighted by Crippen LogP contribution is -2.54. The van der Waals surface area contributed by atoms with Crippen LogP contribution < -0.4 is 10.6 Å². The molecule has 2 amide bonds. The number of halogens is 1. The van der Waals surface area contributed by atoms with Gasteiger partial charge in [-0.05, 0) is 43.9 Å². The number of aromatic carboxylic acids is 1. The highest BCUT2D eigenvalue weighted by Gasteiger charge is 2.36. The fraction of sp³-hybridized carbons (Fsp3) is 0.429. The average molecular weight is 280 g/mol. The second-order valence-electron chi connectivity index (χ2n) is 5.07. The second-order valence-corrected chi connectivity index (χ2v) is 5.07. The van der Waals surface area contributed by atoms with Crippen LogP contribution in [-0.2, 0) is 0 Å². The fourth-order valence-corrected chi connectivity index (χ4v) is 2.34. The molecule has 1 fully saturated rings. The maximum absolute atomic E-state index is 13.5. The van der Waals surface area contributed by atoms with Gasteiger partial charge in [0.2, 0.25) is 0 Å². The molecule has 108 valence electrons. The maximum atomic E-state index is 13.5. The molecular weight excluding hydrogens is 263 g/mol. The Labute approximate surface area is 116 Å². The topological polar surface area (TPSA) is 78.4 Å². The van der Waals surface area contributed by atoms with E-state index in [4.69, 9.17) is 5.11 Å². The van der Waals surface area contributed by atoms with Crippen molar-refractivity contribution in [1.29, 1.82) is 0 Å². The van der Waals surface area contributed by atoms with Gasteiger partial charge in [-0.3, -0.25) is 0 Å². The lowest BCUT2D eigenvalue weighted by Gasteiger charge is -2.41. The highest BCUT2D eigenvalue weighted by atomic mass is 19.1. The maximum Gasteiger partial charge on any atom is 0.338 e. The van der Waals surface area contributed by atoms with Gasteiger partial charge in [0.05, 0.1) is 5.56 Å². The fourth-order valence-electron chi connectivity index (χ4n) is 2.34. The Kier molecular flexibility index (Phi) is 3.92. The molecule has 0 spiro atoms. The lowest BCUT2D eigenvalue weighted by atomic mass is 9.75. The largest absolute Gasteiger partial charge is 0.478 e. The van der Waals surface area contributed by atoms with E-state index < -0.39 is 23.4 Å². The number of nitrogens with one attached hydrogen (secondary N) is 2. The SMILES string of the molecule is CCC1(NC(=O)Nc2ccc(C(=O)O)c(F)c2)CCC1. The van der Waals surface area contributed by atoms with Gasteiger partial charge in [0, 0.05) is 11.2 Å². The van der Waals surface area contributed by atoms with E-state index in [0.717, 1.165) is 37.8 Å². The van der Waals surface area contributed by atoms with Crippen LogP contribution in [-0.4, -0.2) is 22.6 Å². The van der Waals surface area contributed by atoms with Crippen LogP contribution in [0.1, 0.15) is 43.0 Å². The number of carboxylic acids is 1. The van der Waals surface area contributed by atoms with Crippen molar-refractivity contribution in [1.82, 2.24) is 5.32 Å². The van der Waals surface area contributed by atoms with Crippen molar-refractivity contribution >= 4 is 17.7 Å². The van der Waals surface area contributed by atoms with E-state index >= 15 is 0 Å². The van der Waals surface area contributed by atoms with E-state index in [-0.39, 0.29) is 11.2 Å². The third-order valence-electron chi connectivity index (χ3n) is 3.82. The van der Waals surface area contributed by atoms with Crippen molar-refractivity contribution < 1.29 is 19.1 Å². The average Bonchev–Trinajstić information content (AvgIpc) is 2.33. The molecule has 1 aliphatic carbocycles. The van der Waals surface area contributed by atoms with Crippen LogP contribution >= 0.6 is 0 Å². The van der Waals surface area contributed by atoms with Gasteiger partial charge in [-0.15, -0.1) is 0 Å². The Morgan fingerprint density at radius 3 is 2.55 bits per heavy atom. The number of hydrogen-bond donors (Lipinski definition) is 3. The summed E-state index contributed by atoms with van der Waals surface area (Å²) in [5, 5.41) is 14.1. The van der Waals surface area contributed by atoms with Crippen molar-refractivity contribution in [3.05, 3.63) is 29.6 Å². The molecule has 0 atom stereocenters. The second kappa shape index (κ2) is 5.48. The van der Waals surface area contributed by atoms with Crippen LogP contribution in [0.4, 0.5) is 14.9 Å². The number of benzene rings is 1. The van der Waals surface area contributed by atoms with Crippen molar-refractivity contribution in [2.45, 2.75) is 38.1 Å². The van der Waals surface area contributed by atoms with E-state index in [9.17, 15) is 14.0 Å². The van der Waals surface area contributed by atoms with E-state index in [0.29, 0.717) is 0 Å². The predicted molar refractivity (Wildman–Crippen MR) is 72.4 cm³/mol. The predicted octanol–water partition coefficient (Wildman–Crippen LogP) is 2.98. The standard InChI is InChI=1S/C14H17FN2O3/c1-2-14(6-3-7-14)17-13(20)16-9-4-5-10(12(18)19)11(15)8-9/h4-5,8H,2-3,6-7H2,1H3,(H,18,19)(H2,16,17,20). The van der Waals surface area contributed by atoms with Gasteiger partial charge in [-0.25, -0.2) is 14.0 Å². The summed E-state index contributed by atoms with van der Waals surface area (Å²) in [6.45, 7) is 2.01. The number of rotatable bonds is 4. The summed E-state index contributed by atoms with van der Waals surface area (Å²) in [6, 6.07) is 3.11. The van der Waals surface area contributed by atoms with Crippen LogP contribution in [0.5, 0.6) is 0 Å². The number of anilines is 1. The molecule has 0 aliphatic heterocycles. The van der Waals surface area contributed by atoms with Crippen LogP contribution in [0.2, 0.25) is 0 Å². The van der Waals surface area contributed by atoms with Crippen molar-refractivity contribution in [2.75, 3.05) is 5.32 Å². The van der Waals surface area contributed by atoms with E-state index in [1.807, 2.05) is 6.92 Å². The lowest BCUT2D eigenvalue weighted by molar-refractivity contribution is 0.0692. The van der Waals surface area contributed by atoms with Gasteiger partial charge in [-0.1, -0.05) is 6.92 Å². The van der Waals surface area contributed by atoms with Gasteiger partial charge in [0.15, 0.2) is 0 Å². The van der Waals surface area contributed by atoms with Crippen LogP contribution in [0.25, 0.3) is 0 Å². The van der Waals surface area contributed by atoms with Crippen molar-refractivity contribution in [3.63, 3.8) is 0 Å². The Bertz CT molecular complexity index is 536. The van der Waals surface area contributed by atoms with Crippen molar-refractivity contribution in [2.24, 2.45) is 0 Å². The summed E-state index contributed by atoms with van der Waals surface area (Å²) in [5.74, 6) is -2.21. The molecule has 0 heterocycles. The van der Waals surface area contributed by atoms with Crippen LogP contribution in [0, 0.1) is 5.82 Å². The first-order chi connectivity index (χ1) is 9.46. The molecule has 0 saturated heterocycles. The third kappa shape index (κ3) is 2.89. The molecule has 2 rings (SSSR count). The van der Waals surface area contributed by atoms with Crippen LogP contribution in [0.3, 0.4) is 0 Å². The number of hydrogen-bond acceptors (Lipinski definition) is 2. The summed E-state index contributed by atoms with van der Waals surface area (Å²) in [5.41, 5.74) is -0.334. The molecule has 20 heavy (non-hydrogen) atoms. The molecule has 3 N–H and O–H groups in total. The van der Waals surface area contributed by atoms with Crippen LogP contribution in [0.15, 0.2) is 18.2 Å². The van der Waals surface area contributed by atoms with Gasteiger partial charge in [0.25, 0.3) is 0 Å². The molecule has 0 radical (unpaired) electrons. The van der Waals surface area contributed by atoms with Gasteiger partial charge >= 0.3 is 12.0 Å². The van der Waals surface area contributed by atoms with E-state index in [1.165, 1.54) is 6.07 Å². The Morgan fingerprint density at radius 1 is 1.40 bits per heavy atom. The quantitative estimate of drug-likeness (QED) is 0.793. The number of carbonyl (C=O) groups excluding carboxylic acids is 1. The highest BCUT2D eigenvalue weighted by Crippen LogP contribution is 2.34. The smallest absolute Gasteiger partial charge is 0.338 e. The molecule has 1 aliphatic rings. The van der Waals surface area contributed by atoms with E-state index in [1.54, 1.807) is 0 Å². The molecule has 1 saturated carbocycles. The normalized spacial score (nSPS) is 16.1. The summed E-state index contributed by atoms with van der Waals surface area (Å²) >= 11 is 0. The first-order valence-corrected chi connectivity index (χ1v) is 6.58. The van der Waals surface area contributed by atoms with Gasteiger partial charge in [-0.2, -0.15) is 0 Å². The minimum Gasteiger partial charge on any atom is -0.478 e.